The van der Waals surface area contributed by atoms with E-state index >= 15 is 0 Å². The predicted molar refractivity (Wildman–Crippen MR) is 102 cm³/mol. The van der Waals surface area contributed by atoms with Gasteiger partial charge >= 0.3 is 0 Å². The molecule has 4 aromatic heterocycles. The van der Waals surface area contributed by atoms with E-state index in [0.717, 1.165) is 53.5 Å². The van der Waals surface area contributed by atoms with E-state index in [1.165, 1.54) is 0 Å². The summed E-state index contributed by atoms with van der Waals surface area (Å²) in [6.07, 6.45) is 10.7. The lowest BCUT2D eigenvalue weighted by Gasteiger charge is -2.33. The number of nitrogens with zero attached hydrogens (tertiary/aromatic N) is 5. The van der Waals surface area contributed by atoms with Crippen LogP contribution >= 0.6 is 0 Å². The molecule has 1 aliphatic carbocycles. The Labute approximate surface area is 155 Å². The van der Waals surface area contributed by atoms with Gasteiger partial charge in [-0.25, -0.2) is 14.5 Å². The Kier molecular flexibility index (Phi) is 3.61. The monoisotopic (exact) mass is 363 g/mol. The van der Waals surface area contributed by atoms with E-state index in [-0.39, 0.29) is 0 Å². The van der Waals surface area contributed by atoms with Crippen LogP contribution in [0.25, 0.3) is 27.8 Å². The van der Waals surface area contributed by atoms with Gasteiger partial charge in [0.05, 0.1) is 5.60 Å². The number of rotatable bonds is 3. The maximum atomic E-state index is 10.1. The average Bonchev–Trinajstić information content (AvgIpc) is 3.29. The average molecular weight is 363 g/mol. The van der Waals surface area contributed by atoms with E-state index in [0.29, 0.717) is 12.0 Å². The van der Waals surface area contributed by atoms with Crippen LogP contribution in [0, 0.1) is 0 Å². The molecule has 0 aromatic carbocycles. The molecule has 0 radical (unpaired) electrons. The van der Waals surface area contributed by atoms with E-state index in [2.05, 4.69) is 30.4 Å². The SMILES string of the molecule is CC1(O)CCC(Nc2ncc3c(-c4ccc5ncnn5c4)c[nH]c3n2)CC1. The summed E-state index contributed by atoms with van der Waals surface area (Å²) < 4.78 is 1.75. The Balaban J connectivity index is 1.41. The Morgan fingerprint density at radius 2 is 2.11 bits per heavy atom. The van der Waals surface area contributed by atoms with Crippen molar-refractivity contribution in [1.29, 1.82) is 0 Å². The molecule has 1 fully saturated rings. The zero-order valence-corrected chi connectivity index (χ0v) is 15.1. The normalized spacial score (nSPS) is 23.1. The molecule has 0 bridgehead atoms. The molecule has 0 amide bonds. The molecule has 1 saturated carbocycles. The van der Waals surface area contributed by atoms with Gasteiger partial charge < -0.3 is 15.4 Å². The summed E-state index contributed by atoms with van der Waals surface area (Å²) >= 11 is 0. The first-order chi connectivity index (χ1) is 13.1. The maximum Gasteiger partial charge on any atom is 0.224 e. The molecule has 0 atom stereocenters. The molecule has 4 heterocycles. The van der Waals surface area contributed by atoms with Crippen molar-refractivity contribution < 1.29 is 5.11 Å². The lowest BCUT2D eigenvalue weighted by atomic mass is 9.84. The molecule has 0 unspecified atom stereocenters. The fourth-order valence-corrected chi connectivity index (χ4v) is 3.76. The standard InChI is InChI=1S/C19H21N7O/c1-19(27)6-4-13(5-7-19)24-18-21-9-15-14(8-20-17(15)25-18)12-2-3-16-22-11-23-26(16)10-12/h2-3,8-11,13,27H,4-7H2,1H3,(H2,20,21,24,25). The lowest BCUT2D eigenvalue weighted by molar-refractivity contribution is 0.0196. The highest BCUT2D eigenvalue weighted by Gasteiger charge is 2.28. The van der Waals surface area contributed by atoms with Crippen molar-refractivity contribution in [3.8, 4) is 11.1 Å². The number of aliphatic hydroxyl groups is 1. The minimum absolute atomic E-state index is 0.298. The topological polar surface area (TPSA) is 104 Å². The summed E-state index contributed by atoms with van der Waals surface area (Å²) in [5, 5.41) is 18.7. The van der Waals surface area contributed by atoms with Crippen LogP contribution in [0.2, 0.25) is 0 Å². The Hall–Kier alpha value is -3.00. The molecule has 0 spiro atoms. The molecule has 138 valence electrons. The second-order valence-electron chi connectivity index (χ2n) is 7.55. The van der Waals surface area contributed by atoms with Crippen LogP contribution in [0.1, 0.15) is 32.6 Å². The smallest absolute Gasteiger partial charge is 0.224 e. The summed E-state index contributed by atoms with van der Waals surface area (Å²) in [7, 11) is 0. The number of H-pyrrole nitrogens is 1. The summed E-state index contributed by atoms with van der Waals surface area (Å²) in [5.74, 6) is 0.620. The van der Waals surface area contributed by atoms with Gasteiger partial charge in [-0.05, 0) is 44.7 Å². The van der Waals surface area contributed by atoms with E-state index < -0.39 is 5.60 Å². The fraction of sp³-hybridized carbons (Fsp3) is 0.368. The van der Waals surface area contributed by atoms with E-state index in [4.69, 9.17) is 0 Å². The molecule has 0 saturated heterocycles. The van der Waals surface area contributed by atoms with Crippen molar-refractivity contribution in [1.82, 2.24) is 29.5 Å². The van der Waals surface area contributed by atoms with Gasteiger partial charge in [0, 0.05) is 41.1 Å². The van der Waals surface area contributed by atoms with Crippen molar-refractivity contribution in [3.63, 3.8) is 0 Å². The van der Waals surface area contributed by atoms with Crippen molar-refractivity contribution in [2.75, 3.05) is 5.32 Å². The highest BCUT2D eigenvalue weighted by Crippen LogP contribution is 2.30. The summed E-state index contributed by atoms with van der Waals surface area (Å²) in [4.78, 5) is 16.6. The molecule has 3 N–H and O–H groups in total. The Bertz CT molecular complexity index is 1100. The quantitative estimate of drug-likeness (QED) is 0.517. The molecule has 5 rings (SSSR count). The Morgan fingerprint density at radius 1 is 1.26 bits per heavy atom. The first-order valence-corrected chi connectivity index (χ1v) is 9.20. The van der Waals surface area contributed by atoms with Crippen molar-refractivity contribution in [2.45, 2.75) is 44.2 Å². The highest BCUT2D eigenvalue weighted by atomic mass is 16.3. The van der Waals surface area contributed by atoms with Gasteiger partial charge in [0.15, 0.2) is 5.65 Å². The number of anilines is 1. The van der Waals surface area contributed by atoms with Crippen LogP contribution in [0.5, 0.6) is 0 Å². The van der Waals surface area contributed by atoms with Crippen LogP contribution in [0.15, 0.2) is 37.1 Å². The minimum Gasteiger partial charge on any atom is -0.390 e. The molecular weight excluding hydrogens is 342 g/mol. The van der Waals surface area contributed by atoms with Crippen molar-refractivity contribution in [3.05, 3.63) is 37.1 Å². The molecule has 27 heavy (non-hydrogen) atoms. The largest absolute Gasteiger partial charge is 0.390 e. The number of hydrogen-bond donors (Lipinski definition) is 3. The molecule has 8 nitrogen and oxygen atoms in total. The van der Waals surface area contributed by atoms with Gasteiger partial charge in [0.2, 0.25) is 5.95 Å². The lowest BCUT2D eigenvalue weighted by Crippen LogP contribution is -2.36. The second kappa shape index (κ2) is 6.02. The number of aromatic nitrogens is 6. The van der Waals surface area contributed by atoms with Gasteiger partial charge in [-0.15, -0.1) is 0 Å². The summed E-state index contributed by atoms with van der Waals surface area (Å²) in [6.45, 7) is 1.91. The van der Waals surface area contributed by atoms with Gasteiger partial charge in [0.1, 0.15) is 12.0 Å². The van der Waals surface area contributed by atoms with E-state index in [1.807, 2.05) is 37.6 Å². The van der Waals surface area contributed by atoms with Crippen molar-refractivity contribution in [2.24, 2.45) is 0 Å². The van der Waals surface area contributed by atoms with E-state index in [9.17, 15) is 5.11 Å². The van der Waals surface area contributed by atoms with Crippen molar-refractivity contribution >= 4 is 22.6 Å². The number of hydrogen-bond acceptors (Lipinski definition) is 6. The predicted octanol–water partition coefficient (Wildman–Crippen LogP) is 2.77. The van der Waals surface area contributed by atoms with Crippen LogP contribution in [0.4, 0.5) is 5.95 Å². The zero-order chi connectivity index (χ0) is 18.4. The zero-order valence-electron chi connectivity index (χ0n) is 15.1. The molecule has 4 aromatic rings. The first kappa shape index (κ1) is 16.2. The molecular formula is C19H21N7O. The number of pyridine rings is 1. The van der Waals surface area contributed by atoms with Gasteiger partial charge in [-0.2, -0.15) is 10.1 Å². The van der Waals surface area contributed by atoms with Crippen LogP contribution in [-0.2, 0) is 0 Å². The maximum absolute atomic E-state index is 10.1. The van der Waals surface area contributed by atoms with Gasteiger partial charge in [-0.1, -0.05) is 0 Å². The van der Waals surface area contributed by atoms with Gasteiger partial charge in [0.25, 0.3) is 0 Å². The number of aromatic amines is 1. The fourth-order valence-electron chi connectivity index (χ4n) is 3.76. The highest BCUT2D eigenvalue weighted by molar-refractivity contribution is 5.93. The Morgan fingerprint density at radius 3 is 2.96 bits per heavy atom. The van der Waals surface area contributed by atoms with Gasteiger partial charge in [-0.3, -0.25) is 0 Å². The second-order valence-corrected chi connectivity index (χ2v) is 7.55. The van der Waals surface area contributed by atoms with Crippen LogP contribution in [0.3, 0.4) is 0 Å². The first-order valence-electron chi connectivity index (χ1n) is 9.20. The summed E-state index contributed by atoms with van der Waals surface area (Å²) in [5.41, 5.74) is 3.13. The molecule has 1 aliphatic rings. The summed E-state index contributed by atoms with van der Waals surface area (Å²) in [6, 6.07) is 4.26. The number of nitrogens with one attached hydrogen (secondary N) is 2. The third-order valence-corrected chi connectivity index (χ3v) is 5.41. The third kappa shape index (κ3) is 3.02. The number of fused-ring (bicyclic) bond motifs is 2. The third-order valence-electron chi connectivity index (χ3n) is 5.41. The van der Waals surface area contributed by atoms with Crippen LogP contribution in [-0.4, -0.2) is 46.3 Å². The minimum atomic E-state index is -0.539. The molecule has 8 heteroatoms. The van der Waals surface area contributed by atoms with Crippen LogP contribution < -0.4 is 5.32 Å². The van der Waals surface area contributed by atoms with E-state index in [1.54, 1.807) is 10.8 Å². The molecule has 0 aliphatic heterocycles.